The summed E-state index contributed by atoms with van der Waals surface area (Å²) in [4.78, 5) is 3.15. The molecule has 2 aromatic heterocycles. The zero-order valence-electron chi connectivity index (χ0n) is 14.6. The lowest BCUT2D eigenvalue weighted by molar-refractivity contribution is 0.123. The number of rotatable bonds is 3. The fourth-order valence-corrected chi connectivity index (χ4v) is 5.09. The molecule has 1 aliphatic heterocycles. The van der Waals surface area contributed by atoms with Crippen molar-refractivity contribution in [1.29, 1.82) is 5.26 Å². The Balaban J connectivity index is 1.98. The van der Waals surface area contributed by atoms with E-state index in [0.717, 1.165) is 45.4 Å². The minimum atomic E-state index is 0.517. The van der Waals surface area contributed by atoms with E-state index in [1.807, 2.05) is 13.0 Å². The van der Waals surface area contributed by atoms with Crippen molar-refractivity contribution in [2.75, 3.05) is 31.2 Å². The maximum Gasteiger partial charge on any atom is 0.110 e. The number of anilines is 1. The fourth-order valence-electron chi connectivity index (χ4n) is 3.21. The van der Waals surface area contributed by atoms with Crippen LogP contribution in [0.2, 0.25) is 10.0 Å². The Hall–Kier alpha value is -2.04. The van der Waals surface area contributed by atoms with Crippen LogP contribution in [0.3, 0.4) is 0 Å². The minimum Gasteiger partial charge on any atom is -0.378 e. The van der Waals surface area contributed by atoms with Gasteiger partial charge in [-0.15, -0.1) is 11.3 Å². The Bertz CT molecular complexity index is 1030. The van der Waals surface area contributed by atoms with E-state index in [2.05, 4.69) is 21.2 Å². The molecule has 1 saturated heterocycles. The second-order valence-corrected chi connectivity index (χ2v) is 8.09. The van der Waals surface area contributed by atoms with E-state index in [1.165, 1.54) is 0 Å². The molecule has 4 rings (SSSR count). The van der Waals surface area contributed by atoms with Gasteiger partial charge >= 0.3 is 0 Å². The largest absolute Gasteiger partial charge is 0.378 e. The molecule has 5 nitrogen and oxygen atoms in total. The number of halogens is 2. The summed E-state index contributed by atoms with van der Waals surface area (Å²) >= 11 is 14.2. The Morgan fingerprint density at radius 3 is 2.70 bits per heavy atom. The van der Waals surface area contributed by atoms with E-state index in [1.54, 1.807) is 29.7 Å². The molecule has 0 bridgehead atoms. The Morgan fingerprint density at radius 1 is 1.30 bits per heavy atom. The van der Waals surface area contributed by atoms with Crippen LogP contribution in [0.1, 0.15) is 11.1 Å². The monoisotopic (exact) mass is 418 g/mol. The SMILES string of the molecule is Cc1cn[nH]c1-c1sc(N2CCOCC2)c(C#N)c1-c1ccc(Cl)cc1Cl. The highest BCUT2D eigenvalue weighted by molar-refractivity contribution is 7.20. The summed E-state index contributed by atoms with van der Waals surface area (Å²) in [5, 5.41) is 19.3. The Kier molecular flexibility index (Phi) is 5.11. The number of morpholine rings is 1. The van der Waals surface area contributed by atoms with Crippen LogP contribution < -0.4 is 4.90 Å². The van der Waals surface area contributed by atoms with E-state index < -0.39 is 0 Å². The summed E-state index contributed by atoms with van der Waals surface area (Å²) < 4.78 is 5.47. The molecule has 1 N–H and O–H groups in total. The number of aromatic nitrogens is 2. The third-order valence-electron chi connectivity index (χ3n) is 4.56. The highest BCUT2D eigenvalue weighted by Crippen LogP contribution is 2.49. The second-order valence-electron chi connectivity index (χ2n) is 6.25. The van der Waals surface area contributed by atoms with E-state index in [-0.39, 0.29) is 0 Å². The molecule has 3 heterocycles. The Morgan fingerprint density at radius 2 is 2.07 bits per heavy atom. The molecule has 0 amide bonds. The number of hydrogen-bond donors (Lipinski definition) is 1. The molecular weight excluding hydrogens is 403 g/mol. The van der Waals surface area contributed by atoms with Gasteiger partial charge in [0.25, 0.3) is 0 Å². The van der Waals surface area contributed by atoms with Gasteiger partial charge in [0.1, 0.15) is 11.1 Å². The molecule has 1 aliphatic rings. The summed E-state index contributed by atoms with van der Waals surface area (Å²) in [7, 11) is 0. The van der Waals surface area contributed by atoms with Crippen molar-refractivity contribution in [2.45, 2.75) is 6.92 Å². The second kappa shape index (κ2) is 7.53. The lowest BCUT2D eigenvalue weighted by Gasteiger charge is -2.27. The molecule has 0 unspecified atom stereocenters. The van der Waals surface area contributed by atoms with Gasteiger partial charge in [-0.2, -0.15) is 10.4 Å². The average Bonchev–Trinajstić information content (AvgIpc) is 3.25. The van der Waals surface area contributed by atoms with Crippen LogP contribution in [0, 0.1) is 18.3 Å². The van der Waals surface area contributed by atoms with Crippen LogP contribution in [0.5, 0.6) is 0 Å². The van der Waals surface area contributed by atoms with Gasteiger partial charge in [0.05, 0.1) is 35.5 Å². The van der Waals surface area contributed by atoms with Crippen molar-refractivity contribution >= 4 is 39.5 Å². The standard InChI is InChI=1S/C19H16Cl2N4OS/c1-11-10-23-24-17(11)18-16(13-3-2-12(20)8-15(13)21)14(9-22)19(27-18)25-4-6-26-7-5-25/h2-3,8,10H,4-7H2,1H3,(H,23,24). The summed E-state index contributed by atoms with van der Waals surface area (Å²) in [5.74, 6) is 0. The van der Waals surface area contributed by atoms with E-state index in [4.69, 9.17) is 27.9 Å². The van der Waals surface area contributed by atoms with Crippen molar-refractivity contribution in [3.8, 4) is 27.8 Å². The fraction of sp³-hybridized carbons (Fsp3) is 0.263. The minimum absolute atomic E-state index is 0.517. The number of nitrogens with one attached hydrogen (secondary N) is 1. The summed E-state index contributed by atoms with van der Waals surface area (Å²) in [6, 6.07) is 7.77. The zero-order valence-corrected chi connectivity index (χ0v) is 16.9. The maximum absolute atomic E-state index is 10.0. The van der Waals surface area contributed by atoms with Gasteiger partial charge in [-0.1, -0.05) is 29.3 Å². The highest BCUT2D eigenvalue weighted by Gasteiger charge is 2.27. The third kappa shape index (κ3) is 3.32. The summed E-state index contributed by atoms with van der Waals surface area (Å²) in [6.07, 6.45) is 1.78. The number of H-pyrrole nitrogens is 1. The van der Waals surface area contributed by atoms with Crippen LogP contribution in [0.25, 0.3) is 21.7 Å². The molecule has 0 atom stereocenters. The summed E-state index contributed by atoms with van der Waals surface area (Å²) in [5.41, 5.74) is 4.14. The first-order valence-corrected chi connectivity index (χ1v) is 10.0. The van der Waals surface area contributed by atoms with Crippen molar-refractivity contribution in [3.63, 3.8) is 0 Å². The molecule has 1 fully saturated rings. The average molecular weight is 419 g/mol. The zero-order chi connectivity index (χ0) is 19.0. The lowest BCUT2D eigenvalue weighted by atomic mass is 9.99. The van der Waals surface area contributed by atoms with Crippen molar-refractivity contribution in [2.24, 2.45) is 0 Å². The molecule has 0 spiro atoms. The van der Waals surface area contributed by atoms with Gasteiger partial charge in [0.2, 0.25) is 0 Å². The van der Waals surface area contributed by atoms with Crippen molar-refractivity contribution in [1.82, 2.24) is 10.2 Å². The Labute approximate surface area is 171 Å². The third-order valence-corrected chi connectivity index (χ3v) is 6.37. The first kappa shape index (κ1) is 18.3. The lowest BCUT2D eigenvalue weighted by Crippen LogP contribution is -2.36. The van der Waals surface area contributed by atoms with Gasteiger partial charge in [-0.3, -0.25) is 5.10 Å². The molecule has 0 saturated carbocycles. The first-order valence-electron chi connectivity index (χ1n) is 8.45. The normalized spacial score (nSPS) is 14.4. The predicted molar refractivity (Wildman–Crippen MR) is 110 cm³/mol. The molecule has 0 radical (unpaired) electrons. The van der Waals surface area contributed by atoms with Crippen molar-refractivity contribution < 1.29 is 4.74 Å². The van der Waals surface area contributed by atoms with E-state index in [9.17, 15) is 5.26 Å². The van der Waals surface area contributed by atoms with Gasteiger partial charge in [0.15, 0.2) is 0 Å². The van der Waals surface area contributed by atoms with Crippen LogP contribution in [-0.4, -0.2) is 36.5 Å². The molecule has 0 aliphatic carbocycles. The van der Waals surface area contributed by atoms with Crippen LogP contribution in [-0.2, 0) is 4.74 Å². The number of thiophene rings is 1. The quantitative estimate of drug-likeness (QED) is 0.639. The van der Waals surface area contributed by atoms with Gasteiger partial charge in [-0.25, -0.2) is 0 Å². The van der Waals surface area contributed by atoms with Crippen molar-refractivity contribution in [3.05, 3.63) is 45.6 Å². The number of hydrogen-bond acceptors (Lipinski definition) is 5. The highest BCUT2D eigenvalue weighted by atomic mass is 35.5. The molecule has 1 aromatic carbocycles. The first-order chi connectivity index (χ1) is 13.1. The smallest absolute Gasteiger partial charge is 0.110 e. The molecule has 27 heavy (non-hydrogen) atoms. The van der Waals surface area contributed by atoms with Gasteiger partial charge in [0, 0.05) is 34.3 Å². The molecular formula is C19H16Cl2N4OS. The number of nitriles is 1. The predicted octanol–water partition coefficient (Wildman–Crippen LogP) is 5.13. The van der Waals surface area contributed by atoms with Gasteiger partial charge < -0.3 is 9.64 Å². The van der Waals surface area contributed by atoms with Crippen LogP contribution in [0.15, 0.2) is 24.4 Å². The molecule has 3 aromatic rings. The molecule has 8 heteroatoms. The maximum atomic E-state index is 10.0. The number of nitrogens with zero attached hydrogens (tertiary/aromatic N) is 3. The van der Waals surface area contributed by atoms with Gasteiger partial charge in [-0.05, 0) is 24.6 Å². The van der Waals surface area contributed by atoms with Crippen LogP contribution >= 0.6 is 34.5 Å². The van der Waals surface area contributed by atoms with E-state index >= 15 is 0 Å². The topological polar surface area (TPSA) is 64.9 Å². The molecule has 138 valence electrons. The summed E-state index contributed by atoms with van der Waals surface area (Å²) in [6.45, 7) is 4.80. The number of benzene rings is 1. The number of aryl methyl sites for hydroxylation is 1. The number of ether oxygens (including phenoxy) is 1. The van der Waals surface area contributed by atoms with E-state index in [0.29, 0.717) is 28.8 Å². The van der Waals surface area contributed by atoms with Crippen LogP contribution in [0.4, 0.5) is 5.00 Å². The number of aromatic amines is 1.